The number of carbonyl (C=O) groups excluding carboxylic acids is 2. The van der Waals surface area contributed by atoms with E-state index in [1.165, 1.54) is 11.6 Å². The number of hydrogen-bond donors (Lipinski definition) is 1. The number of unbranched alkanes of at least 4 members (excludes halogenated alkanes) is 1. The van der Waals surface area contributed by atoms with Gasteiger partial charge < -0.3 is 10.1 Å². The summed E-state index contributed by atoms with van der Waals surface area (Å²) in [6, 6.07) is 12.4. The summed E-state index contributed by atoms with van der Waals surface area (Å²) in [5.74, 6) is 0.0440. The summed E-state index contributed by atoms with van der Waals surface area (Å²) >= 11 is 5.82. The number of hydrogen-bond acceptors (Lipinski definition) is 3. The maximum absolute atomic E-state index is 12.0. The SMILES string of the molecule is CCCCc1ccc(NC(=O)COc2ccc(Cl)cc2C=O)cc1. The predicted molar refractivity (Wildman–Crippen MR) is 96.0 cm³/mol. The molecule has 0 bridgehead atoms. The molecule has 0 unspecified atom stereocenters. The third-order valence-electron chi connectivity index (χ3n) is 3.51. The van der Waals surface area contributed by atoms with Gasteiger partial charge in [-0.05, 0) is 48.7 Å². The summed E-state index contributed by atoms with van der Waals surface area (Å²) in [6.45, 7) is 1.98. The second-order valence-electron chi connectivity index (χ2n) is 5.44. The number of halogens is 1. The Morgan fingerprint density at radius 3 is 2.62 bits per heavy atom. The minimum Gasteiger partial charge on any atom is -0.483 e. The maximum Gasteiger partial charge on any atom is 0.262 e. The van der Waals surface area contributed by atoms with Crippen LogP contribution in [0.4, 0.5) is 5.69 Å². The van der Waals surface area contributed by atoms with Crippen LogP contribution in [0.2, 0.25) is 5.02 Å². The van der Waals surface area contributed by atoms with E-state index in [-0.39, 0.29) is 12.5 Å². The minimum absolute atomic E-state index is 0.180. The highest BCUT2D eigenvalue weighted by Crippen LogP contribution is 2.21. The molecule has 5 heteroatoms. The van der Waals surface area contributed by atoms with E-state index in [9.17, 15) is 9.59 Å². The first kappa shape index (κ1) is 18.0. The van der Waals surface area contributed by atoms with Gasteiger partial charge in [0.15, 0.2) is 12.9 Å². The average molecular weight is 346 g/mol. The van der Waals surface area contributed by atoms with Crippen LogP contribution >= 0.6 is 11.6 Å². The quantitative estimate of drug-likeness (QED) is 0.716. The average Bonchev–Trinajstić information content (AvgIpc) is 2.60. The van der Waals surface area contributed by atoms with Gasteiger partial charge in [0.2, 0.25) is 0 Å². The van der Waals surface area contributed by atoms with Crippen LogP contribution in [0.1, 0.15) is 35.7 Å². The molecule has 0 aliphatic heterocycles. The van der Waals surface area contributed by atoms with Crippen LogP contribution in [0.5, 0.6) is 5.75 Å². The molecular weight excluding hydrogens is 326 g/mol. The molecule has 2 aromatic carbocycles. The molecule has 0 fully saturated rings. The lowest BCUT2D eigenvalue weighted by Gasteiger charge is -2.10. The molecule has 1 amide bonds. The Balaban J connectivity index is 1.88. The van der Waals surface area contributed by atoms with Gasteiger partial charge in [-0.25, -0.2) is 0 Å². The normalized spacial score (nSPS) is 10.2. The van der Waals surface area contributed by atoms with E-state index in [0.717, 1.165) is 24.9 Å². The van der Waals surface area contributed by atoms with Gasteiger partial charge in [-0.15, -0.1) is 0 Å². The molecule has 0 atom stereocenters. The summed E-state index contributed by atoms with van der Waals surface area (Å²) in [6.07, 6.45) is 4.00. The summed E-state index contributed by atoms with van der Waals surface area (Å²) < 4.78 is 5.39. The molecule has 0 saturated carbocycles. The molecule has 2 aromatic rings. The molecule has 0 heterocycles. The number of nitrogens with one attached hydrogen (secondary N) is 1. The fourth-order valence-electron chi connectivity index (χ4n) is 2.22. The zero-order valence-corrected chi connectivity index (χ0v) is 14.3. The van der Waals surface area contributed by atoms with E-state index in [1.54, 1.807) is 12.1 Å². The largest absolute Gasteiger partial charge is 0.483 e. The number of carbonyl (C=O) groups is 2. The van der Waals surface area contributed by atoms with E-state index in [2.05, 4.69) is 12.2 Å². The second-order valence-corrected chi connectivity index (χ2v) is 5.87. The summed E-state index contributed by atoms with van der Waals surface area (Å²) in [4.78, 5) is 22.9. The van der Waals surface area contributed by atoms with Gasteiger partial charge in [-0.3, -0.25) is 9.59 Å². The lowest BCUT2D eigenvalue weighted by Crippen LogP contribution is -2.20. The van der Waals surface area contributed by atoms with Crippen molar-refractivity contribution in [2.45, 2.75) is 26.2 Å². The predicted octanol–water partition coefficient (Wildman–Crippen LogP) is 4.51. The Kier molecular flexibility index (Phi) is 6.82. The van der Waals surface area contributed by atoms with Gasteiger partial charge in [0.25, 0.3) is 5.91 Å². The number of ether oxygens (including phenoxy) is 1. The molecule has 2 rings (SSSR count). The van der Waals surface area contributed by atoms with E-state index in [0.29, 0.717) is 22.6 Å². The molecule has 0 spiro atoms. The molecule has 4 nitrogen and oxygen atoms in total. The van der Waals surface area contributed by atoms with E-state index < -0.39 is 0 Å². The summed E-state index contributed by atoms with van der Waals surface area (Å²) in [7, 11) is 0. The van der Waals surface area contributed by atoms with Crippen molar-refractivity contribution in [2.75, 3.05) is 11.9 Å². The van der Waals surface area contributed by atoms with Crippen LogP contribution in [-0.2, 0) is 11.2 Å². The molecule has 24 heavy (non-hydrogen) atoms. The summed E-state index contributed by atoms with van der Waals surface area (Å²) in [5.41, 5.74) is 2.29. The van der Waals surface area contributed by atoms with Gasteiger partial charge in [0, 0.05) is 10.7 Å². The number of rotatable bonds is 8. The first-order valence-corrected chi connectivity index (χ1v) is 8.26. The van der Waals surface area contributed by atoms with E-state index in [4.69, 9.17) is 16.3 Å². The Morgan fingerprint density at radius 2 is 1.96 bits per heavy atom. The zero-order valence-electron chi connectivity index (χ0n) is 13.5. The third-order valence-corrected chi connectivity index (χ3v) is 3.75. The van der Waals surface area contributed by atoms with Crippen LogP contribution in [0.25, 0.3) is 0 Å². The number of amides is 1. The second kappa shape index (κ2) is 9.08. The highest BCUT2D eigenvalue weighted by Gasteiger charge is 2.08. The third kappa shape index (κ3) is 5.39. The van der Waals surface area contributed by atoms with Crippen molar-refractivity contribution in [1.82, 2.24) is 0 Å². The monoisotopic (exact) mass is 345 g/mol. The zero-order chi connectivity index (χ0) is 17.4. The van der Waals surface area contributed by atoms with Crippen LogP contribution < -0.4 is 10.1 Å². The molecule has 0 saturated heterocycles. The molecule has 0 aromatic heterocycles. The standard InChI is InChI=1S/C19H20ClNO3/c1-2-3-4-14-5-8-17(9-6-14)21-19(23)13-24-18-10-7-16(20)11-15(18)12-22/h5-12H,2-4,13H2,1H3,(H,21,23). The first-order chi connectivity index (χ1) is 11.6. The molecule has 0 aliphatic rings. The van der Waals surface area contributed by atoms with Gasteiger partial charge >= 0.3 is 0 Å². The van der Waals surface area contributed by atoms with Crippen LogP contribution in [-0.4, -0.2) is 18.8 Å². The lowest BCUT2D eigenvalue weighted by atomic mass is 10.1. The Labute approximate surface area is 146 Å². The van der Waals surface area contributed by atoms with Gasteiger partial charge in [-0.2, -0.15) is 0 Å². The van der Waals surface area contributed by atoms with Gasteiger partial charge in [-0.1, -0.05) is 37.1 Å². The summed E-state index contributed by atoms with van der Waals surface area (Å²) in [5, 5.41) is 3.21. The number of aryl methyl sites for hydroxylation is 1. The van der Waals surface area contributed by atoms with Crippen molar-refractivity contribution in [2.24, 2.45) is 0 Å². The van der Waals surface area contributed by atoms with Crippen molar-refractivity contribution in [3.05, 3.63) is 58.6 Å². The van der Waals surface area contributed by atoms with Crippen molar-refractivity contribution in [1.29, 1.82) is 0 Å². The Hall–Kier alpha value is -2.33. The molecule has 126 valence electrons. The fraction of sp³-hybridized carbons (Fsp3) is 0.263. The van der Waals surface area contributed by atoms with Gasteiger partial charge in [0.1, 0.15) is 5.75 Å². The molecular formula is C19H20ClNO3. The maximum atomic E-state index is 12.0. The van der Waals surface area contributed by atoms with Crippen LogP contribution in [0.15, 0.2) is 42.5 Å². The number of aldehydes is 1. The first-order valence-electron chi connectivity index (χ1n) is 7.88. The van der Waals surface area contributed by atoms with Crippen molar-refractivity contribution < 1.29 is 14.3 Å². The van der Waals surface area contributed by atoms with E-state index >= 15 is 0 Å². The van der Waals surface area contributed by atoms with Crippen LogP contribution in [0.3, 0.4) is 0 Å². The minimum atomic E-state index is -0.289. The lowest BCUT2D eigenvalue weighted by molar-refractivity contribution is -0.118. The van der Waals surface area contributed by atoms with Crippen molar-refractivity contribution in [3.63, 3.8) is 0 Å². The molecule has 0 radical (unpaired) electrons. The van der Waals surface area contributed by atoms with E-state index in [1.807, 2.05) is 24.3 Å². The highest BCUT2D eigenvalue weighted by atomic mass is 35.5. The number of anilines is 1. The van der Waals surface area contributed by atoms with Crippen molar-refractivity contribution in [3.8, 4) is 5.75 Å². The van der Waals surface area contributed by atoms with Crippen molar-refractivity contribution >= 4 is 29.5 Å². The molecule has 1 N–H and O–H groups in total. The topological polar surface area (TPSA) is 55.4 Å². The fourth-order valence-corrected chi connectivity index (χ4v) is 2.40. The molecule has 0 aliphatic carbocycles. The Bertz CT molecular complexity index is 698. The van der Waals surface area contributed by atoms with Crippen LogP contribution in [0, 0.1) is 0 Å². The Morgan fingerprint density at radius 1 is 1.21 bits per heavy atom. The highest BCUT2D eigenvalue weighted by molar-refractivity contribution is 6.30. The smallest absolute Gasteiger partial charge is 0.262 e. The van der Waals surface area contributed by atoms with Gasteiger partial charge in [0.05, 0.1) is 5.56 Å². The number of benzene rings is 2.